The van der Waals surface area contributed by atoms with E-state index < -0.39 is 22.9 Å². The lowest BCUT2D eigenvalue weighted by atomic mass is 10.0. The van der Waals surface area contributed by atoms with Crippen LogP contribution in [0, 0.1) is 0 Å². The summed E-state index contributed by atoms with van der Waals surface area (Å²) >= 11 is 0. The minimum Gasteiger partial charge on any atom is -0.343 e. The highest BCUT2D eigenvalue weighted by molar-refractivity contribution is 6.22. The second kappa shape index (κ2) is 7.72. The lowest BCUT2D eigenvalue weighted by Crippen LogP contribution is -2.33. The summed E-state index contributed by atoms with van der Waals surface area (Å²) in [4.78, 5) is 61.6. The lowest BCUT2D eigenvalue weighted by Gasteiger charge is -2.09. The Morgan fingerprint density at radius 1 is 0.758 bits per heavy atom. The molecule has 0 aliphatic heterocycles. The van der Waals surface area contributed by atoms with Gasteiger partial charge < -0.3 is 10.6 Å². The van der Waals surface area contributed by atoms with Crippen LogP contribution in [0.3, 0.4) is 0 Å². The van der Waals surface area contributed by atoms with Gasteiger partial charge in [0.25, 0.3) is 17.0 Å². The van der Waals surface area contributed by atoms with Gasteiger partial charge in [-0.05, 0) is 35.4 Å². The summed E-state index contributed by atoms with van der Waals surface area (Å²) in [5.74, 6) is -1.26. The first kappa shape index (κ1) is 20.1. The molecule has 0 fully saturated rings. The number of benzene rings is 3. The van der Waals surface area contributed by atoms with Crippen LogP contribution in [0.4, 0.5) is 5.69 Å². The molecule has 162 valence electrons. The number of carbonyl (C=O) groups is 3. The zero-order valence-corrected chi connectivity index (χ0v) is 17.0. The Morgan fingerprint density at radius 2 is 1.48 bits per heavy atom. The molecule has 2 amide bonds. The Labute approximate surface area is 185 Å². The van der Waals surface area contributed by atoms with Gasteiger partial charge in [-0.15, -0.1) is 0 Å². The predicted octanol–water partition coefficient (Wildman–Crippen LogP) is 1.80. The van der Waals surface area contributed by atoms with E-state index in [-0.39, 0.29) is 34.4 Å². The highest BCUT2D eigenvalue weighted by Gasteiger charge is 2.27. The standard InChI is InChI=1S/C24H16N4O5/c29-19(26-18-7-3-6-16-20(18)24(33)28-27-23(16)32)11-25-22(31)12-8-9-14-13-4-1-2-5-15(13)21(30)17(14)10-12/h1-10H,11H2,(H,25,31)(H,26,29)(H,27,32)(H,28,33). The van der Waals surface area contributed by atoms with E-state index in [0.29, 0.717) is 11.1 Å². The molecule has 0 saturated carbocycles. The van der Waals surface area contributed by atoms with Crippen LogP contribution < -0.4 is 21.8 Å². The number of carbonyl (C=O) groups excluding carboxylic acids is 3. The van der Waals surface area contributed by atoms with Gasteiger partial charge in [-0.2, -0.15) is 0 Å². The summed E-state index contributed by atoms with van der Waals surface area (Å²) in [6.45, 7) is -0.373. The van der Waals surface area contributed by atoms with Gasteiger partial charge in [-0.25, -0.2) is 0 Å². The smallest absolute Gasteiger partial charge is 0.272 e. The summed E-state index contributed by atoms with van der Waals surface area (Å²) in [7, 11) is 0. The zero-order valence-electron chi connectivity index (χ0n) is 17.0. The average Bonchev–Trinajstić information content (AvgIpc) is 3.11. The maximum Gasteiger partial charge on any atom is 0.272 e. The van der Waals surface area contributed by atoms with Crippen molar-refractivity contribution in [2.45, 2.75) is 0 Å². The molecular formula is C24H16N4O5. The molecule has 0 unspecified atom stereocenters. The number of nitrogens with one attached hydrogen (secondary N) is 4. The maximum absolute atomic E-state index is 12.6. The van der Waals surface area contributed by atoms with E-state index >= 15 is 0 Å². The highest BCUT2D eigenvalue weighted by atomic mass is 16.2. The van der Waals surface area contributed by atoms with Gasteiger partial charge in [-0.1, -0.05) is 36.4 Å². The Hall–Kier alpha value is -4.79. The summed E-state index contributed by atoms with van der Waals surface area (Å²) in [5, 5.41) is 9.65. The van der Waals surface area contributed by atoms with Crippen molar-refractivity contribution < 1.29 is 14.4 Å². The van der Waals surface area contributed by atoms with E-state index in [1.54, 1.807) is 24.3 Å². The average molecular weight is 440 g/mol. The van der Waals surface area contributed by atoms with Gasteiger partial charge in [0.05, 0.1) is 23.0 Å². The van der Waals surface area contributed by atoms with Crippen LogP contribution in [-0.2, 0) is 4.79 Å². The Bertz CT molecular complexity index is 1600. The fourth-order valence-corrected chi connectivity index (χ4v) is 3.96. The molecule has 4 aromatic rings. The van der Waals surface area contributed by atoms with Crippen LogP contribution >= 0.6 is 0 Å². The monoisotopic (exact) mass is 440 g/mol. The van der Waals surface area contributed by atoms with E-state index in [2.05, 4.69) is 20.8 Å². The Morgan fingerprint density at radius 3 is 2.30 bits per heavy atom. The van der Waals surface area contributed by atoms with Gasteiger partial charge in [0.2, 0.25) is 5.91 Å². The van der Waals surface area contributed by atoms with Crippen LogP contribution in [0.15, 0.2) is 70.3 Å². The number of fused-ring (bicyclic) bond motifs is 4. The minimum absolute atomic E-state index is 0.0395. The molecule has 0 saturated heterocycles. The van der Waals surface area contributed by atoms with Crippen LogP contribution in [0.5, 0.6) is 0 Å². The van der Waals surface area contributed by atoms with E-state index in [0.717, 1.165) is 11.1 Å². The summed E-state index contributed by atoms with van der Waals surface area (Å²) in [5.41, 5.74) is 1.96. The number of rotatable bonds is 4. The minimum atomic E-state index is -0.583. The Kier molecular flexibility index (Phi) is 4.71. The quantitative estimate of drug-likeness (QED) is 0.337. The third-order valence-corrected chi connectivity index (χ3v) is 5.50. The second-order valence-corrected chi connectivity index (χ2v) is 7.50. The third kappa shape index (κ3) is 3.41. The van der Waals surface area contributed by atoms with Crippen molar-refractivity contribution in [3.63, 3.8) is 0 Å². The number of ketones is 1. The van der Waals surface area contributed by atoms with Crippen molar-refractivity contribution in [1.82, 2.24) is 15.5 Å². The molecule has 1 aromatic heterocycles. The Balaban J connectivity index is 1.31. The third-order valence-electron chi connectivity index (χ3n) is 5.50. The van der Waals surface area contributed by atoms with E-state index in [9.17, 15) is 24.0 Å². The first-order valence-electron chi connectivity index (χ1n) is 10.0. The second-order valence-electron chi connectivity index (χ2n) is 7.50. The lowest BCUT2D eigenvalue weighted by molar-refractivity contribution is -0.115. The van der Waals surface area contributed by atoms with Crippen molar-refractivity contribution >= 4 is 34.1 Å². The first-order chi connectivity index (χ1) is 15.9. The van der Waals surface area contributed by atoms with Gasteiger partial charge in [0, 0.05) is 16.7 Å². The van der Waals surface area contributed by atoms with Gasteiger partial charge in [-0.3, -0.25) is 34.2 Å². The number of anilines is 1. The van der Waals surface area contributed by atoms with Gasteiger partial charge >= 0.3 is 0 Å². The number of amides is 2. The van der Waals surface area contributed by atoms with Gasteiger partial charge in [0.15, 0.2) is 5.78 Å². The number of hydrogen-bond acceptors (Lipinski definition) is 5. The first-order valence-corrected chi connectivity index (χ1v) is 10.0. The molecule has 5 rings (SSSR count). The van der Waals surface area contributed by atoms with E-state index in [1.807, 2.05) is 12.1 Å². The summed E-state index contributed by atoms with van der Waals surface area (Å²) in [6.07, 6.45) is 0. The van der Waals surface area contributed by atoms with Crippen molar-refractivity contribution in [2.75, 3.05) is 11.9 Å². The largest absolute Gasteiger partial charge is 0.343 e. The maximum atomic E-state index is 12.6. The van der Waals surface area contributed by atoms with Crippen LogP contribution in [0.25, 0.3) is 21.9 Å². The summed E-state index contributed by atoms with van der Waals surface area (Å²) in [6, 6.07) is 16.5. The molecule has 0 bridgehead atoms. The van der Waals surface area contributed by atoms with Crippen LogP contribution in [-0.4, -0.2) is 34.3 Å². The molecule has 9 heteroatoms. The molecular weight excluding hydrogens is 424 g/mol. The van der Waals surface area contributed by atoms with Crippen molar-refractivity contribution in [3.8, 4) is 11.1 Å². The number of aromatic amines is 2. The van der Waals surface area contributed by atoms with E-state index in [4.69, 9.17) is 0 Å². The van der Waals surface area contributed by atoms with E-state index in [1.165, 1.54) is 24.3 Å². The fourth-order valence-electron chi connectivity index (χ4n) is 3.96. The molecule has 1 aliphatic carbocycles. The topological polar surface area (TPSA) is 141 Å². The SMILES string of the molecule is O=C(CNC(=O)c1ccc2c(c1)C(=O)c1ccccc1-2)Nc1cccc2c(=O)[nH][nH]c(=O)c12. The normalized spacial score (nSPS) is 11.7. The molecule has 9 nitrogen and oxygen atoms in total. The van der Waals surface area contributed by atoms with Crippen molar-refractivity contribution in [2.24, 2.45) is 0 Å². The summed E-state index contributed by atoms with van der Waals surface area (Å²) < 4.78 is 0. The molecule has 0 radical (unpaired) electrons. The van der Waals surface area contributed by atoms with Crippen LogP contribution in [0.1, 0.15) is 26.3 Å². The molecule has 4 N–H and O–H groups in total. The molecule has 3 aromatic carbocycles. The fraction of sp³-hybridized carbons (Fsp3) is 0.0417. The number of aromatic nitrogens is 2. The predicted molar refractivity (Wildman–Crippen MR) is 121 cm³/mol. The molecule has 1 aliphatic rings. The van der Waals surface area contributed by atoms with Crippen molar-refractivity contribution in [1.29, 1.82) is 0 Å². The van der Waals surface area contributed by atoms with Crippen LogP contribution in [0.2, 0.25) is 0 Å². The van der Waals surface area contributed by atoms with Crippen molar-refractivity contribution in [3.05, 3.63) is 98.1 Å². The molecule has 1 heterocycles. The molecule has 33 heavy (non-hydrogen) atoms. The zero-order chi connectivity index (χ0) is 23.1. The highest BCUT2D eigenvalue weighted by Crippen LogP contribution is 2.36. The van der Waals surface area contributed by atoms with Gasteiger partial charge in [0.1, 0.15) is 0 Å². The number of H-pyrrole nitrogens is 2. The molecule has 0 atom stereocenters. The molecule has 0 spiro atoms. The number of hydrogen-bond donors (Lipinski definition) is 4.